The third-order valence-corrected chi connectivity index (χ3v) is 3.83. The molecule has 7 heteroatoms. The molecular weight excluding hydrogens is 336 g/mol. The lowest BCUT2D eigenvalue weighted by molar-refractivity contribution is -0.118. The first-order valence-corrected chi connectivity index (χ1v) is 8.17. The maximum absolute atomic E-state index is 12.0. The Morgan fingerprint density at radius 1 is 1.23 bits per heavy atom. The van der Waals surface area contributed by atoms with Gasteiger partial charge in [-0.1, -0.05) is 25.9 Å². The quantitative estimate of drug-likeness (QED) is 0.720. The zero-order valence-electron chi connectivity index (χ0n) is 15.1. The Balaban J connectivity index is 1.65. The van der Waals surface area contributed by atoms with Crippen molar-refractivity contribution in [1.82, 2.24) is 5.16 Å². The summed E-state index contributed by atoms with van der Waals surface area (Å²) in [6.45, 7) is 7.61. The molecule has 0 aliphatic carbocycles. The molecule has 1 N–H and O–H groups in total. The van der Waals surface area contributed by atoms with Gasteiger partial charge in [-0.15, -0.1) is 0 Å². The Kier molecular flexibility index (Phi) is 4.54. The number of benzene rings is 1. The second-order valence-electron chi connectivity index (χ2n) is 7.07. The number of anilines is 1. The van der Waals surface area contributed by atoms with Crippen LogP contribution in [0.15, 0.2) is 44.1 Å². The van der Waals surface area contributed by atoms with Crippen molar-refractivity contribution in [1.29, 1.82) is 0 Å². The zero-order chi connectivity index (χ0) is 18.9. The van der Waals surface area contributed by atoms with E-state index >= 15 is 0 Å². The molecule has 1 amide bonds. The normalized spacial score (nSPS) is 11.5. The van der Waals surface area contributed by atoms with Gasteiger partial charge in [0, 0.05) is 29.0 Å². The van der Waals surface area contributed by atoms with Gasteiger partial charge in [0.1, 0.15) is 11.3 Å². The number of hydrogen-bond donors (Lipinski definition) is 1. The number of ether oxygens (including phenoxy) is 1. The number of carbonyl (C=O) groups is 1. The molecule has 1 aromatic carbocycles. The molecule has 0 atom stereocenters. The van der Waals surface area contributed by atoms with Crippen LogP contribution in [-0.2, 0) is 10.2 Å². The van der Waals surface area contributed by atoms with Crippen LogP contribution in [0.25, 0.3) is 11.0 Å². The highest BCUT2D eigenvalue weighted by atomic mass is 16.5. The van der Waals surface area contributed by atoms with Crippen LogP contribution >= 0.6 is 0 Å². The summed E-state index contributed by atoms with van der Waals surface area (Å²) in [6, 6.07) is 8.20. The second-order valence-corrected chi connectivity index (χ2v) is 7.07. The van der Waals surface area contributed by atoms with E-state index in [1.807, 2.05) is 27.7 Å². The Labute approximate surface area is 149 Å². The summed E-state index contributed by atoms with van der Waals surface area (Å²) in [6.07, 6.45) is 0. The number of fused-ring (bicyclic) bond motifs is 1. The first-order chi connectivity index (χ1) is 12.2. The van der Waals surface area contributed by atoms with Gasteiger partial charge < -0.3 is 13.7 Å². The average Bonchev–Trinajstić information content (AvgIpc) is 3.01. The molecule has 0 saturated carbocycles. The molecule has 0 fully saturated rings. The van der Waals surface area contributed by atoms with Gasteiger partial charge in [0.25, 0.3) is 5.91 Å². The van der Waals surface area contributed by atoms with Crippen molar-refractivity contribution in [3.63, 3.8) is 0 Å². The van der Waals surface area contributed by atoms with Crippen LogP contribution in [0, 0.1) is 6.92 Å². The van der Waals surface area contributed by atoms with Gasteiger partial charge >= 0.3 is 5.63 Å². The van der Waals surface area contributed by atoms with Gasteiger partial charge in [0.05, 0.1) is 5.69 Å². The van der Waals surface area contributed by atoms with Gasteiger partial charge in [-0.2, -0.15) is 0 Å². The minimum atomic E-state index is -0.426. The average molecular weight is 356 g/mol. The SMILES string of the molecule is Cc1cc(=O)oc2cc(OCC(=O)Nc3cc(C(C)(C)C)no3)ccc12. The fraction of sp³-hybridized carbons (Fsp3) is 0.316. The molecular formula is C19H20N2O5. The van der Waals surface area contributed by atoms with Crippen molar-refractivity contribution < 1.29 is 18.5 Å². The van der Waals surface area contributed by atoms with E-state index in [1.165, 1.54) is 6.07 Å². The molecule has 2 aromatic heterocycles. The van der Waals surface area contributed by atoms with Crippen molar-refractivity contribution >= 4 is 22.8 Å². The summed E-state index contributed by atoms with van der Waals surface area (Å²) in [5.41, 5.74) is 1.38. The van der Waals surface area contributed by atoms with Crippen molar-refractivity contribution in [2.75, 3.05) is 11.9 Å². The van der Waals surface area contributed by atoms with Gasteiger partial charge in [-0.05, 0) is 24.6 Å². The number of aryl methyl sites for hydroxylation is 1. The first-order valence-electron chi connectivity index (χ1n) is 8.17. The Morgan fingerprint density at radius 3 is 2.69 bits per heavy atom. The lowest BCUT2D eigenvalue weighted by atomic mass is 9.92. The fourth-order valence-electron chi connectivity index (χ4n) is 2.40. The number of rotatable bonds is 4. The second kappa shape index (κ2) is 6.67. The molecule has 3 aromatic rings. The number of aromatic nitrogens is 1. The van der Waals surface area contributed by atoms with Crippen LogP contribution in [0.4, 0.5) is 5.88 Å². The summed E-state index contributed by atoms with van der Waals surface area (Å²) in [4.78, 5) is 23.5. The van der Waals surface area contributed by atoms with Gasteiger partial charge in [0.2, 0.25) is 5.88 Å². The van der Waals surface area contributed by atoms with Crippen LogP contribution in [-0.4, -0.2) is 17.7 Å². The largest absolute Gasteiger partial charge is 0.484 e. The van der Waals surface area contributed by atoms with E-state index in [1.54, 1.807) is 24.3 Å². The Hall–Kier alpha value is -3.09. The highest BCUT2D eigenvalue weighted by molar-refractivity contribution is 5.90. The van der Waals surface area contributed by atoms with Crippen molar-refractivity contribution in [3.8, 4) is 5.75 Å². The highest BCUT2D eigenvalue weighted by Gasteiger charge is 2.19. The van der Waals surface area contributed by atoms with Crippen molar-refractivity contribution in [2.24, 2.45) is 0 Å². The molecule has 0 unspecified atom stereocenters. The molecule has 0 saturated heterocycles. The number of amides is 1. The van der Waals surface area contributed by atoms with E-state index in [0.717, 1.165) is 16.6 Å². The molecule has 3 rings (SSSR count). The fourth-order valence-corrected chi connectivity index (χ4v) is 2.40. The summed E-state index contributed by atoms with van der Waals surface area (Å²) < 4.78 is 15.7. The van der Waals surface area contributed by atoms with Gasteiger partial charge in [-0.3, -0.25) is 10.1 Å². The molecule has 0 aliphatic rings. The van der Waals surface area contributed by atoms with Gasteiger partial charge in [0.15, 0.2) is 6.61 Å². The van der Waals surface area contributed by atoms with Crippen LogP contribution in [0.3, 0.4) is 0 Å². The van der Waals surface area contributed by atoms with Crippen LogP contribution in [0.5, 0.6) is 5.75 Å². The van der Waals surface area contributed by atoms with E-state index in [0.29, 0.717) is 11.3 Å². The third kappa shape index (κ3) is 3.93. The molecule has 0 spiro atoms. The minimum absolute atomic E-state index is 0.171. The Morgan fingerprint density at radius 2 is 2.00 bits per heavy atom. The van der Waals surface area contributed by atoms with Gasteiger partial charge in [-0.25, -0.2) is 4.79 Å². The maximum atomic E-state index is 12.0. The van der Waals surface area contributed by atoms with Crippen LogP contribution in [0.1, 0.15) is 32.0 Å². The van der Waals surface area contributed by atoms with E-state index < -0.39 is 5.63 Å². The number of nitrogens with one attached hydrogen (secondary N) is 1. The number of nitrogens with zero attached hydrogens (tertiary/aromatic N) is 1. The summed E-state index contributed by atoms with van der Waals surface area (Å²) in [5.74, 6) is 0.311. The summed E-state index contributed by atoms with van der Waals surface area (Å²) >= 11 is 0. The summed E-state index contributed by atoms with van der Waals surface area (Å²) in [5, 5.41) is 7.35. The van der Waals surface area contributed by atoms with E-state index in [2.05, 4.69) is 10.5 Å². The molecule has 7 nitrogen and oxygen atoms in total. The van der Waals surface area contributed by atoms with E-state index in [9.17, 15) is 9.59 Å². The van der Waals surface area contributed by atoms with E-state index in [-0.39, 0.29) is 23.8 Å². The van der Waals surface area contributed by atoms with Crippen LogP contribution < -0.4 is 15.7 Å². The lowest BCUT2D eigenvalue weighted by Gasteiger charge is -2.12. The topological polar surface area (TPSA) is 94.6 Å². The first kappa shape index (κ1) is 17.7. The minimum Gasteiger partial charge on any atom is -0.484 e. The standard InChI is InChI=1S/C19H20N2O5/c1-11-7-18(23)25-14-8-12(5-6-13(11)14)24-10-16(22)20-17-9-15(21-26-17)19(2,3)4/h5-9H,10H2,1-4H3,(H,20,22). The molecule has 26 heavy (non-hydrogen) atoms. The monoisotopic (exact) mass is 356 g/mol. The molecule has 0 radical (unpaired) electrons. The van der Waals surface area contributed by atoms with E-state index in [4.69, 9.17) is 13.7 Å². The number of carbonyl (C=O) groups excluding carboxylic acids is 1. The molecule has 136 valence electrons. The predicted octanol–water partition coefficient (Wildman–Crippen LogP) is 3.40. The lowest BCUT2D eigenvalue weighted by Crippen LogP contribution is -2.20. The predicted molar refractivity (Wildman–Crippen MR) is 96.5 cm³/mol. The number of hydrogen-bond acceptors (Lipinski definition) is 6. The van der Waals surface area contributed by atoms with Crippen LogP contribution in [0.2, 0.25) is 0 Å². The maximum Gasteiger partial charge on any atom is 0.336 e. The highest BCUT2D eigenvalue weighted by Crippen LogP contribution is 2.24. The Bertz CT molecular complexity index is 1010. The van der Waals surface area contributed by atoms with Crippen molar-refractivity contribution in [2.45, 2.75) is 33.1 Å². The smallest absolute Gasteiger partial charge is 0.336 e. The third-order valence-electron chi connectivity index (χ3n) is 3.83. The molecule has 0 bridgehead atoms. The molecule has 2 heterocycles. The molecule has 0 aliphatic heterocycles. The zero-order valence-corrected chi connectivity index (χ0v) is 15.1. The van der Waals surface area contributed by atoms with Crippen molar-refractivity contribution in [3.05, 3.63) is 52.0 Å². The summed E-state index contributed by atoms with van der Waals surface area (Å²) in [7, 11) is 0.